The molecule has 0 bridgehead atoms. The Morgan fingerprint density at radius 3 is 2.61 bits per heavy atom. The van der Waals surface area contributed by atoms with Crippen LogP contribution in [0.5, 0.6) is 5.75 Å². The Labute approximate surface area is 107 Å². The molecule has 1 unspecified atom stereocenters. The van der Waals surface area contributed by atoms with Gasteiger partial charge in [-0.15, -0.1) is 0 Å². The Morgan fingerprint density at radius 2 is 2.06 bits per heavy atom. The van der Waals surface area contributed by atoms with E-state index in [4.69, 9.17) is 15.0 Å². The van der Waals surface area contributed by atoms with Crippen molar-refractivity contribution in [3.05, 3.63) is 53.0 Å². The summed E-state index contributed by atoms with van der Waals surface area (Å²) in [7, 11) is 1.67. The van der Waals surface area contributed by atoms with Gasteiger partial charge in [-0.05, 0) is 37.1 Å². The SMILES string of the molecule is COc1c(C(NN)c2ccco2)ccc(C)c1C. The highest BCUT2D eigenvalue weighted by molar-refractivity contribution is 5.48. The van der Waals surface area contributed by atoms with Crippen LogP contribution in [-0.2, 0) is 0 Å². The van der Waals surface area contributed by atoms with Gasteiger partial charge in [0, 0.05) is 5.56 Å². The third kappa shape index (κ3) is 2.12. The Kier molecular flexibility index (Phi) is 3.69. The van der Waals surface area contributed by atoms with E-state index in [0.29, 0.717) is 0 Å². The first-order valence-electron chi connectivity index (χ1n) is 5.82. The highest BCUT2D eigenvalue weighted by atomic mass is 16.5. The summed E-state index contributed by atoms with van der Waals surface area (Å²) in [5.74, 6) is 7.25. The molecule has 3 N–H and O–H groups in total. The maximum absolute atomic E-state index is 5.64. The lowest BCUT2D eigenvalue weighted by Crippen LogP contribution is -2.29. The van der Waals surface area contributed by atoms with Crippen molar-refractivity contribution in [2.45, 2.75) is 19.9 Å². The summed E-state index contributed by atoms with van der Waals surface area (Å²) in [6, 6.07) is 7.58. The van der Waals surface area contributed by atoms with Gasteiger partial charge in [0.05, 0.1) is 13.4 Å². The number of furan rings is 1. The minimum atomic E-state index is -0.214. The van der Waals surface area contributed by atoms with Crippen molar-refractivity contribution in [3.63, 3.8) is 0 Å². The van der Waals surface area contributed by atoms with E-state index in [9.17, 15) is 0 Å². The molecule has 0 radical (unpaired) electrons. The molecule has 0 saturated carbocycles. The Morgan fingerprint density at radius 1 is 1.28 bits per heavy atom. The minimum Gasteiger partial charge on any atom is -0.496 e. The minimum absolute atomic E-state index is 0.214. The van der Waals surface area contributed by atoms with Gasteiger partial charge in [0.15, 0.2) is 0 Å². The molecule has 18 heavy (non-hydrogen) atoms. The molecule has 1 aromatic carbocycles. The Bertz CT molecular complexity index is 521. The normalized spacial score (nSPS) is 12.4. The molecule has 2 aromatic rings. The fraction of sp³-hybridized carbons (Fsp3) is 0.286. The van der Waals surface area contributed by atoms with Crippen LogP contribution in [0, 0.1) is 13.8 Å². The van der Waals surface area contributed by atoms with Crippen LogP contribution in [0.15, 0.2) is 34.9 Å². The molecular weight excluding hydrogens is 228 g/mol. The van der Waals surface area contributed by atoms with E-state index in [2.05, 4.69) is 18.4 Å². The first kappa shape index (κ1) is 12.7. The second-order valence-electron chi connectivity index (χ2n) is 4.25. The van der Waals surface area contributed by atoms with Gasteiger partial charge in [-0.1, -0.05) is 12.1 Å². The first-order chi connectivity index (χ1) is 8.69. The Hall–Kier alpha value is -1.78. The lowest BCUT2D eigenvalue weighted by Gasteiger charge is -2.19. The largest absolute Gasteiger partial charge is 0.496 e. The molecule has 0 spiro atoms. The predicted molar refractivity (Wildman–Crippen MR) is 70.3 cm³/mol. The smallest absolute Gasteiger partial charge is 0.127 e. The van der Waals surface area contributed by atoms with Gasteiger partial charge in [-0.2, -0.15) is 0 Å². The molecule has 96 valence electrons. The van der Waals surface area contributed by atoms with Gasteiger partial charge in [0.2, 0.25) is 0 Å². The van der Waals surface area contributed by atoms with Crippen LogP contribution in [0.25, 0.3) is 0 Å². The second kappa shape index (κ2) is 5.25. The summed E-state index contributed by atoms with van der Waals surface area (Å²) in [5, 5.41) is 0. The van der Waals surface area contributed by atoms with E-state index < -0.39 is 0 Å². The van der Waals surface area contributed by atoms with E-state index >= 15 is 0 Å². The van der Waals surface area contributed by atoms with Crippen LogP contribution in [-0.4, -0.2) is 7.11 Å². The number of ether oxygens (including phenoxy) is 1. The maximum Gasteiger partial charge on any atom is 0.127 e. The molecule has 1 heterocycles. The number of nitrogens with one attached hydrogen (secondary N) is 1. The number of nitrogens with two attached hydrogens (primary N) is 1. The molecule has 0 aliphatic carbocycles. The quantitative estimate of drug-likeness (QED) is 0.642. The van der Waals surface area contributed by atoms with Crippen LogP contribution < -0.4 is 16.0 Å². The molecule has 1 atom stereocenters. The topological polar surface area (TPSA) is 60.4 Å². The van der Waals surface area contributed by atoms with Crippen LogP contribution in [0.3, 0.4) is 0 Å². The summed E-state index contributed by atoms with van der Waals surface area (Å²) in [5.41, 5.74) is 6.04. The van der Waals surface area contributed by atoms with E-state index in [-0.39, 0.29) is 6.04 Å². The number of benzene rings is 1. The van der Waals surface area contributed by atoms with E-state index in [0.717, 1.165) is 22.6 Å². The van der Waals surface area contributed by atoms with Gasteiger partial charge >= 0.3 is 0 Å². The molecule has 0 saturated heterocycles. The molecule has 2 rings (SSSR count). The molecule has 0 fully saturated rings. The van der Waals surface area contributed by atoms with Crippen molar-refractivity contribution in [3.8, 4) is 5.75 Å². The summed E-state index contributed by atoms with van der Waals surface area (Å²) >= 11 is 0. The number of rotatable bonds is 4. The van der Waals surface area contributed by atoms with E-state index in [1.807, 2.05) is 25.1 Å². The molecule has 0 amide bonds. The highest BCUT2D eigenvalue weighted by Gasteiger charge is 2.21. The van der Waals surface area contributed by atoms with Gasteiger partial charge < -0.3 is 9.15 Å². The van der Waals surface area contributed by atoms with Gasteiger partial charge in [0.25, 0.3) is 0 Å². The first-order valence-corrected chi connectivity index (χ1v) is 5.82. The standard InChI is InChI=1S/C14H18N2O2/c1-9-6-7-11(14(17-3)10(9)2)13(16-15)12-5-4-8-18-12/h4-8,13,16H,15H2,1-3H3. The fourth-order valence-corrected chi connectivity index (χ4v) is 2.09. The van der Waals surface area contributed by atoms with Crippen LogP contribution in [0.1, 0.15) is 28.5 Å². The second-order valence-corrected chi connectivity index (χ2v) is 4.25. The van der Waals surface area contributed by atoms with Crippen molar-refractivity contribution >= 4 is 0 Å². The third-order valence-corrected chi connectivity index (χ3v) is 3.22. The van der Waals surface area contributed by atoms with E-state index in [1.54, 1.807) is 13.4 Å². The zero-order valence-electron chi connectivity index (χ0n) is 10.9. The number of hydrogen-bond donors (Lipinski definition) is 2. The predicted octanol–water partition coefficient (Wildman–Crippen LogP) is 2.46. The summed E-state index contributed by atoms with van der Waals surface area (Å²) < 4.78 is 10.9. The maximum atomic E-state index is 5.64. The van der Waals surface area contributed by atoms with Gasteiger partial charge in [-0.3, -0.25) is 5.84 Å². The average molecular weight is 246 g/mol. The summed E-state index contributed by atoms with van der Waals surface area (Å²) in [6.45, 7) is 4.09. The zero-order valence-corrected chi connectivity index (χ0v) is 10.9. The summed E-state index contributed by atoms with van der Waals surface area (Å²) in [4.78, 5) is 0. The summed E-state index contributed by atoms with van der Waals surface area (Å²) in [6.07, 6.45) is 1.63. The molecule has 0 aliphatic heterocycles. The molecule has 4 heteroatoms. The third-order valence-electron chi connectivity index (χ3n) is 3.22. The molecule has 0 aliphatic rings. The van der Waals surface area contributed by atoms with Crippen molar-refractivity contribution < 1.29 is 9.15 Å². The van der Waals surface area contributed by atoms with Gasteiger partial charge in [-0.25, -0.2) is 5.43 Å². The van der Waals surface area contributed by atoms with Crippen molar-refractivity contribution in [2.75, 3.05) is 7.11 Å². The van der Waals surface area contributed by atoms with Crippen LogP contribution in [0.4, 0.5) is 0 Å². The van der Waals surface area contributed by atoms with Crippen molar-refractivity contribution in [1.82, 2.24) is 5.43 Å². The number of hydrazine groups is 1. The van der Waals surface area contributed by atoms with E-state index in [1.165, 1.54) is 5.56 Å². The van der Waals surface area contributed by atoms with Crippen molar-refractivity contribution in [1.29, 1.82) is 0 Å². The van der Waals surface area contributed by atoms with Gasteiger partial charge in [0.1, 0.15) is 17.6 Å². The average Bonchev–Trinajstić information content (AvgIpc) is 2.89. The molecule has 4 nitrogen and oxygen atoms in total. The Balaban J connectivity index is 2.52. The van der Waals surface area contributed by atoms with Crippen molar-refractivity contribution in [2.24, 2.45) is 5.84 Å². The van der Waals surface area contributed by atoms with Crippen LogP contribution in [0.2, 0.25) is 0 Å². The fourth-order valence-electron chi connectivity index (χ4n) is 2.09. The molecular formula is C14H18N2O2. The number of aryl methyl sites for hydroxylation is 1. The lowest BCUT2D eigenvalue weighted by molar-refractivity contribution is 0.390. The molecule has 1 aromatic heterocycles. The lowest BCUT2D eigenvalue weighted by atomic mass is 9.98. The monoisotopic (exact) mass is 246 g/mol. The number of methoxy groups -OCH3 is 1. The zero-order chi connectivity index (χ0) is 13.1. The van der Waals surface area contributed by atoms with Crippen LogP contribution >= 0.6 is 0 Å². The number of hydrogen-bond acceptors (Lipinski definition) is 4. The highest BCUT2D eigenvalue weighted by Crippen LogP contribution is 2.33.